The molecule has 3 atom stereocenters. The molecular formula is C13H20N2O5. The largest absolute Gasteiger partial charge is 0.481 e. The first-order valence-corrected chi connectivity index (χ1v) is 6.46. The molecule has 20 heavy (non-hydrogen) atoms. The summed E-state index contributed by atoms with van der Waals surface area (Å²) in [4.78, 5) is 35.8. The fourth-order valence-corrected chi connectivity index (χ4v) is 2.36. The zero-order valence-electron chi connectivity index (χ0n) is 11.4. The number of rotatable bonds is 6. The average Bonchev–Trinajstić information content (AvgIpc) is 2.42. The molecule has 0 bridgehead atoms. The molecule has 0 saturated carbocycles. The zero-order chi connectivity index (χ0) is 15.3. The van der Waals surface area contributed by atoms with Gasteiger partial charge in [-0.25, -0.2) is 0 Å². The Balaban J connectivity index is 2.70. The third-order valence-corrected chi connectivity index (χ3v) is 3.63. The Bertz CT molecular complexity index is 410. The monoisotopic (exact) mass is 284 g/mol. The van der Waals surface area contributed by atoms with Crippen LogP contribution in [0.5, 0.6) is 0 Å². The molecule has 0 spiro atoms. The summed E-state index contributed by atoms with van der Waals surface area (Å²) in [5.41, 5.74) is 0. The van der Waals surface area contributed by atoms with E-state index in [9.17, 15) is 14.4 Å². The van der Waals surface area contributed by atoms with E-state index < -0.39 is 29.8 Å². The number of carbonyl (C=O) groups excluding carboxylic acids is 1. The van der Waals surface area contributed by atoms with E-state index in [1.54, 1.807) is 17.9 Å². The van der Waals surface area contributed by atoms with Crippen LogP contribution in [0.4, 0.5) is 0 Å². The van der Waals surface area contributed by atoms with Crippen molar-refractivity contribution in [3.05, 3.63) is 12.7 Å². The van der Waals surface area contributed by atoms with Crippen molar-refractivity contribution in [3.63, 3.8) is 0 Å². The van der Waals surface area contributed by atoms with Gasteiger partial charge in [0.15, 0.2) is 0 Å². The molecule has 1 heterocycles. The van der Waals surface area contributed by atoms with Crippen LogP contribution < -0.4 is 5.32 Å². The van der Waals surface area contributed by atoms with Crippen LogP contribution in [0.15, 0.2) is 12.7 Å². The number of carboxylic acid groups (broad SMARTS) is 2. The molecular weight excluding hydrogens is 264 g/mol. The average molecular weight is 284 g/mol. The van der Waals surface area contributed by atoms with Crippen molar-refractivity contribution >= 4 is 17.8 Å². The van der Waals surface area contributed by atoms with Crippen molar-refractivity contribution in [2.24, 2.45) is 11.8 Å². The summed E-state index contributed by atoms with van der Waals surface area (Å²) in [6.07, 6.45) is 1.78. The van der Waals surface area contributed by atoms with Crippen LogP contribution in [0.25, 0.3) is 0 Å². The minimum Gasteiger partial charge on any atom is -0.481 e. The number of nitrogens with one attached hydrogen (secondary N) is 1. The quantitative estimate of drug-likeness (QED) is 0.582. The molecule has 112 valence electrons. The van der Waals surface area contributed by atoms with Crippen molar-refractivity contribution in [2.75, 3.05) is 19.6 Å². The maximum Gasteiger partial charge on any atom is 0.308 e. The van der Waals surface area contributed by atoms with E-state index >= 15 is 0 Å². The molecule has 1 aliphatic heterocycles. The van der Waals surface area contributed by atoms with Gasteiger partial charge < -0.3 is 15.5 Å². The number of hydrogen-bond donors (Lipinski definition) is 3. The molecule has 1 fully saturated rings. The van der Waals surface area contributed by atoms with Gasteiger partial charge in [0.1, 0.15) is 0 Å². The Morgan fingerprint density at radius 1 is 1.35 bits per heavy atom. The van der Waals surface area contributed by atoms with Gasteiger partial charge in [0.2, 0.25) is 5.91 Å². The predicted octanol–water partition coefficient (Wildman–Crippen LogP) is -0.216. The molecule has 3 N–H and O–H groups in total. The van der Waals surface area contributed by atoms with Gasteiger partial charge in [0.25, 0.3) is 0 Å². The molecule has 0 aromatic heterocycles. The molecule has 1 saturated heterocycles. The van der Waals surface area contributed by atoms with Crippen LogP contribution in [0.1, 0.15) is 13.3 Å². The van der Waals surface area contributed by atoms with E-state index in [0.717, 1.165) is 0 Å². The number of nitrogens with zero attached hydrogens (tertiary/aromatic N) is 1. The lowest BCUT2D eigenvalue weighted by Gasteiger charge is -2.37. The van der Waals surface area contributed by atoms with Crippen molar-refractivity contribution in [1.29, 1.82) is 0 Å². The molecule has 3 unspecified atom stereocenters. The number of amides is 1. The highest BCUT2D eigenvalue weighted by molar-refractivity contribution is 5.82. The lowest BCUT2D eigenvalue weighted by atomic mass is 9.85. The summed E-state index contributed by atoms with van der Waals surface area (Å²) >= 11 is 0. The smallest absolute Gasteiger partial charge is 0.308 e. The molecule has 1 aliphatic rings. The summed E-state index contributed by atoms with van der Waals surface area (Å²) in [5.74, 6) is -4.34. The molecule has 7 nitrogen and oxygen atoms in total. The molecule has 1 amide bonds. The van der Waals surface area contributed by atoms with Gasteiger partial charge in [-0.3, -0.25) is 19.3 Å². The van der Waals surface area contributed by atoms with E-state index in [1.807, 2.05) is 0 Å². The summed E-state index contributed by atoms with van der Waals surface area (Å²) in [7, 11) is 0. The molecule has 1 rings (SSSR count). The van der Waals surface area contributed by atoms with Crippen LogP contribution in [0.3, 0.4) is 0 Å². The van der Waals surface area contributed by atoms with Gasteiger partial charge in [-0.05, 0) is 19.9 Å². The predicted molar refractivity (Wildman–Crippen MR) is 71.1 cm³/mol. The van der Waals surface area contributed by atoms with E-state index in [2.05, 4.69) is 11.9 Å². The normalized spacial score (nSPS) is 24.6. The number of piperidine rings is 1. The topological polar surface area (TPSA) is 107 Å². The Kier molecular flexibility index (Phi) is 5.69. The maximum absolute atomic E-state index is 11.8. The number of carboxylic acids is 2. The van der Waals surface area contributed by atoms with Gasteiger partial charge in [-0.2, -0.15) is 0 Å². The lowest BCUT2D eigenvalue weighted by molar-refractivity contribution is -0.158. The lowest BCUT2D eigenvalue weighted by Crippen LogP contribution is -2.53. The summed E-state index contributed by atoms with van der Waals surface area (Å²) in [6, 6.07) is -0.494. The number of hydrogen-bond acceptors (Lipinski definition) is 4. The van der Waals surface area contributed by atoms with E-state index in [1.165, 1.54) is 0 Å². The molecule has 0 radical (unpaired) electrons. The van der Waals surface area contributed by atoms with E-state index in [0.29, 0.717) is 13.1 Å². The second kappa shape index (κ2) is 7.04. The van der Waals surface area contributed by atoms with Crippen LogP contribution in [-0.2, 0) is 14.4 Å². The van der Waals surface area contributed by atoms with Crippen molar-refractivity contribution < 1.29 is 24.6 Å². The van der Waals surface area contributed by atoms with Gasteiger partial charge in [-0.1, -0.05) is 6.08 Å². The Labute approximate surface area is 117 Å². The summed E-state index contributed by atoms with van der Waals surface area (Å²) < 4.78 is 0. The fraction of sp³-hybridized carbons (Fsp3) is 0.615. The SMILES string of the molecule is C=CCNC(=O)C(C)N1CCC(C(=O)O)C(C(=O)O)C1. The standard InChI is InChI=1S/C13H20N2O5/c1-3-5-14-11(16)8(2)15-6-4-9(12(17)18)10(7-15)13(19)20/h3,8-10H,1,4-7H2,2H3,(H,14,16)(H,17,18)(H,19,20). The summed E-state index contributed by atoms with van der Waals surface area (Å²) in [6.45, 7) is 5.98. The van der Waals surface area contributed by atoms with Gasteiger partial charge in [0, 0.05) is 13.1 Å². The Hall–Kier alpha value is -1.89. The Morgan fingerprint density at radius 2 is 1.95 bits per heavy atom. The number of aliphatic carboxylic acids is 2. The summed E-state index contributed by atoms with van der Waals surface area (Å²) in [5, 5.41) is 20.8. The first-order chi connectivity index (χ1) is 9.38. The van der Waals surface area contributed by atoms with Crippen molar-refractivity contribution in [2.45, 2.75) is 19.4 Å². The minimum absolute atomic E-state index is 0.0645. The number of likely N-dealkylation sites (tertiary alicyclic amines) is 1. The van der Waals surface area contributed by atoms with Crippen LogP contribution in [0, 0.1) is 11.8 Å². The van der Waals surface area contributed by atoms with Crippen molar-refractivity contribution in [1.82, 2.24) is 10.2 Å². The second-order valence-corrected chi connectivity index (χ2v) is 4.88. The molecule has 7 heteroatoms. The van der Waals surface area contributed by atoms with Gasteiger partial charge in [0.05, 0.1) is 17.9 Å². The minimum atomic E-state index is -1.14. The Morgan fingerprint density at radius 3 is 2.45 bits per heavy atom. The van der Waals surface area contributed by atoms with Crippen LogP contribution in [0.2, 0.25) is 0 Å². The first-order valence-electron chi connectivity index (χ1n) is 6.46. The maximum atomic E-state index is 11.8. The first kappa shape index (κ1) is 16.2. The highest BCUT2D eigenvalue weighted by atomic mass is 16.4. The molecule has 0 aromatic rings. The third kappa shape index (κ3) is 3.80. The fourth-order valence-electron chi connectivity index (χ4n) is 2.36. The van der Waals surface area contributed by atoms with Crippen LogP contribution >= 0.6 is 0 Å². The third-order valence-electron chi connectivity index (χ3n) is 3.63. The van der Waals surface area contributed by atoms with Crippen molar-refractivity contribution in [3.8, 4) is 0 Å². The second-order valence-electron chi connectivity index (χ2n) is 4.88. The molecule has 0 aliphatic carbocycles. The highest BCUT2D eigenvalue weighted by Crippen LogP contribution is 2.25. The van der Waals surface area contributed by atoms with Gasteiger partial charge >= 0.3 is 11.9 Å². The zero-order valence-corrected chi connectivity index (χ0v) is 11.4. The van der Waals surface area contributed by atoms with E-state index in [4.69, 9.17) is 10.2 Å². The number of carbonyl (C=O) groups is 3. The van der Waals surface area contributed by atoms with Gasteiger partial charge in [-0.15, -0.1) is 6.58 Å². The molecule has 0 aromatic carbocycles. The highest BCUT2D eigenvalue weighted by Gasteiger charge is 2.40. The van der Waals surface area contributed by atoms with Crippen LogP contribution in [-0.4, -0.2) is 58.6 Å². The van der Waals surface area contributed by atoms with E-state index in [-0.39, 0.29) is 18.9 Å².